The van der Waals surface area contributed by atoms with Crippen LogP contribution in [0.15, 0.2) is 78.3 Å². The maximum absolute atomic E-state index is 12.9. The van der Waals surface area contributed by atoms with E-state index in [0.29, 0.717) is 22.8 Å². The van der Waals surface area contributed by atoms with Crippen LogP contribution in [-0.2, 0) is 13.0 Å². The lowest BCUT2D eigenvalue weighted by Gasteiger charge is -2.09. The normalized spacial score (nSPS) is 11.0. The summed E-state index contributed by atoms with van der Waals surface area (Å²) >= 11 is 9.06. The first-order valence-corrected chi connectivity index (χ1v) is 12.6. The molecule has 3 heterocycles. The number of carbonyl (C=O) groups excluding carboxylic acids is 1. The molecule has 0 aliphatic heterocycles. The minimum atomic E-state index is -0.209. The van der Waals surface area contributed by atoms with Gasteiger partial charge < -0.3 is 11.1 Å². The van der Waals surface area contributed by atoms with E-state index in [1.54, 1.807) is 22.1 Å². The third kappa shape index (κ3) is 5.04. The van der Waals surface area contributed by atoms with Crippen LogP contribution in [-0.4, -0.2) is 20.9 Å². The Labute approximate surface area is 209 Å². The van der Waals surface area contributed by atoms with E-state index in [9.17, 15) is 4.79 Å². The third-order valence-electron chi connectivity index (χ3n) is 5.25. The summed E-state index contributed by atoms with van der Waals surface area (Å²) in [5.41, 5.74) is 10.1. The van der Waals surface area contributed by atoms with Crippen LogP contribution in [0.4, 0.5) is 11.4 Å². The molecule has 3 N–H and O–H groups in total. The van der Waals surface area contributed by atoms with E-state index < -0.39 is 0 Å². The number of hydrogen-bond acceptors (Lipinski definition) is 6. The average molecular weight is 506 g/mol. The molecular weight excluding hydrogens is 486 g/mol. The summed E-state index contributed by atoms with van der Waals surface area (Å²) in [7, 11) is 0. The molecule has 9 heteroatoms. The number of nitrogens with two attached hydrogens (primary N) is 1. The van der Waals surface area contributed by atoms with Crippen LogP contribution >= 0.6 is 34.3 Å². The summed E-state index contributed by atoms with van der Waals surface area (Å²) in [5, 5.41) is 14.2. The van der Waals surface area contributed by atoms with E-state index in [2.05, 4.69) is 15.6 Å². The third-order valence-corrected chi connectivity index (χ3v) is 7.51. The molecule has 0 saturated heterocycles. The Hall–Kier alpha value is -3.46. The molecule has 0 spiro atoms. The van der Waals surface area contributed by atoms with Crippen molar-refractivity contribution in [3.05, 3.63) is 93.8 Å². The number of amides is 1. The molecule has 0 fully saturated rings. The Morgan fingerprint density at radius 2 is 1.97 bits per heavy atom. The Kier molecular flexibility index (Phi) is 6.44. The average Bonchev–Trinajstić information content (AvgIpc) is 3.61. The molecule has 170 valence electrons. The van der Waals surface area contributed by atoms with Crippen molar-refractivity contribution in [3.8, 4) is 21.0 Å². The highest BCUT2D eigenvalue weighted by Crippen LogP contribution is 2.32. The minimum Gasteiger partial charge on any atom is -0.397 e. The molecule has 2 aromatic carbocycles. The maximum Gasteiger partial charge on any atom is 0.265 e. The van der Waals surface area contributed by atoms with Gasteiger partial charge in [0.25, 0.3) is 5.91 Å². The smallest absolute Gasteiger partial charge is 0.265 e. The molecule has 0 radical (unpaired) electrons. The SMILES string of the molecule is Nc1ccc(-c2cccs2)cc1NC(=O)c1ccc(-c2cn(CCc3cccc(Cl)c3)nn2)s1. The molecule has 0 atom stereocenters. The standard InChI is InChI=1S/C25H20ClN5OS2/c26-18-4-1-3-16(13-18)10-11-31-15-21(29-30-31)23-8-9-24(34-23)25(32)28-20-14-17(6-7-19(20)27)22-5-2-12-33-22/h1-9,12-15H,10-11,27H2,(H,28,32). The number of aromatic nitrogens is 3. The Balaban J connectivity index is 1.26. The first kappa shape index (κ1) is 22.3. The van der Waals surface area contributed by atoms with Gasteiger partial charge in [0.1, 0.15) is 5.69 Å². The Morgan fingerprint density at radius 1 is 1.06 bits per heavy atom. The zero-order valence-corrected chi connectivity index (χ0v) is 20.3. The maximum atomic E-state index is 12.9. The van der Waals surface area contributed by atoms with Crippen LogP contribution in [0.2, 0.25) is 5.02 Å². The van der Waals surface area contributed by atoms with Crippen molar-refractivity contribution in [2.75, 3.05) is 11.1 Å². The fraction of sp³-hybridized carbons (Fsp3) is 0.0800. The van der Waals surface area contributed by atoms with E-state index in [1.807, 2.05) is 72.2 Å². The molecule has 0 unspecified atom stereocenters. The summed E-state index contributed by atoms with van der Waals surface area (Å²) in [6, 6.07) is 21.2. The van der Waals surface area contributed by atoms with Crippen LogP contribution in [0, 0.1) is 0 Å². The number of nitrogen functional groups attached to an aromatic ring is 1. The fourth-order valence-corrected chi connectivity index (χ4v) is 5.29. The van der Waals surface area contributed by atoms with Gasteiger partial charge in [-0.3, -0.25) is 9.48 Å². The van der Waals surface area contributed by atoms with Gasteiger partial charge in [-0.25, -0.2) is 0 Å². The number of hydrogen-bond donors (Lipinski definition) is 2. The lowest BCUT2D eigenvalue weighted by atomic mass is 10.1. The molecule has 34 heavy (non-hydrogen) atoms. The van der Waals surface area contributed by atoms with Gasteiger partial charge >= 0.3 is 0 Å². The van der Waals surface area contributed by atoms with E-state index in [1.165, 1.54) is 11.3 Å². The molecule has 0 saturated carbocycles. The highest BCUT2D eigenvalue weighted by molar-refractivity contribution is 7.17. The molecule has 0 aliphatic rings. The zero-order valence-electron chi connectivity index (χ0n) is 17.9. The summed E-state index contributed by atoms with van der Waals surface area (Å²) in [6.07, 6.45) is 2.69. The predicted molar refractivity (Wildman–Crippen MR) is 141 cm³/mol. The summed E-state index contributed by atoms with van der Waals surface area (Å²) in [4.78, 5) is 15.5. The first-order chi connectivity index (χ1) is 16.5. The van der Waals surface area contributed by atoms with Crippen molar-refractivity contribution in [2.45, 2.75) is 13.0 Å². The van der Waals surface area contributed by atoms with Crippen molar-refractivity contribution in [1.82, 2.24) is 15.0 Å². The Bertz CT molecular complexity index is 1440. The van der Waals surface area contributed by atoms with Gasteiger partial charge in [0.2, 0.25) is 0 Å². The van der Waals surface area contributed by atoms with Crippen LogP contribution in [0.5, 0.6) is 0 Å². The molecular formula is C25H20ClN5OS2. The number of benzene rings is 2. The summed E-state index contributed by atoms with van der Waals surface area (Å²) in [6.45, 7) is 0.686. The number of nitrogens with one attached hydrogen (secondary N) is 1. The summed E-state index contributed by atoms with van der Waals surface area (Å²) < 4.78 is 1.80. The van der Waals surface area contributed by atoms with Crippen LogP contribution in [0.25, 0.3) is 21.0 Å². The number of aryl methyl sites for hydroxylation is 2. The van der Waals surface area contributed by atoms with Crippen molar-refractivity contribution >= 4 is 51.6 Å². The molecule has 0 bridgehead atoms. The van der Waals surface area contributed by atoms with Gasteiger partial charge in [-0.15, -0.1) is 27.8 Å². The van der Waals surface area contributed by atoms with E-state index >= 15 is 0 Å². The molecule has 1 amide bonds. The molecule has 0 aliphatic carbocycles. The second kappa shape index (κ2) is 9.80. The highest BCUT2D eigenvalue weighted by atomic mass is 35.5. The van der Waals surface area contributed by atoms with Gasteiger partial charge in [0.15, 0.2) is 0 Å². The van der Waals surface area contributed by atoms with Crippen LogP contribution in [0.3, 0.4) is 0 Å². The minimum absolute atomic E-state index is 0.209. The number of rotatable bonds is 7. The van der Waals surface area contributed by atoms with Gasteiger partial charge in [-0.1, -0.05) is 41.1 Å². The highest BCUT2D eigenvalue weighted by Gasteiger charge is 2.14. The number of thiophene rings is 2. The molecule has 5 rings (SSSR count). The molecule has 6 nitrogen and oxygen atoms in total. The predicted octanol–water partition coefficient (Wildman–Crippen LogP) is 6.47. The lowest BCUT2D eigenvalue weighted by Crippen LogP contribution is -2.11. The van der Waals surface area contributed by atoms with Crippen molar-refractivity contribution in [2.24, 2.45) is 0 Å². The largest absolute Gasteiger partial charge is 0.397 e. The second-order valence-electron chi connectivity index (χ2n) is 7.64. The van der Waals surface area contributed by atoms with Crippen molar-refractivity contribution in [3.63, 3.8) is 0 Å². The van der Waals surface area contributed by atoms with Gasteiger partial charge in [0.05, 0.1) is 27.3 Å². The first-order valence-electron chi connectivity index (χ1n) is 10.5. The number of anilines is 2. The number of halogens is 1. The molecule has 5 aromatic rings. The lowest BCUT2D eigenvalue weighted by molar-refractivity contribution is 0.103. The number of nitrogens with zero attached hydrogens (tertiary/aromatic N) is 3. The van der Waals surface area contributed by atoms with Gasteiger partial charge in [-0.2, -0.15) is 0 Å². The van der Waals surface area contributed by atoms with Crippen LogP contribution < -0.4 is 11.1 Å². The Morgan fingerprint density at radius 3 is 2.79 bits per heavy atom. The zero-order chi connectivity index (χ0) is 23.5. The quantitative estimate of drug-likeness (QED) is 0.248. The fourth-order valence-electron chi connectivity index (χ4n) is 3.50. The topological polar surface area (TPSA) is 85.8 Å². The summed E-state index contributed by atoms with van der Waals surface area (Å²) in [5.74, 6) is -0.209. The van der Waals surface area contributed by atoms with E-state index in [-0.39, 0.29) is 5.91 Å². The van der Waals surface area contributed by atoms with Crippen molar-refractivity contribution in [1.29, 1.82) is 0 Å². The van der Waals surface area contributed by atoms with Crippen LogP contribution in [0.1, 0.15) is 15.2 Å². The second-order valence-corrected chi connectivity index (χ2v) is 10.1. The van der Waals surface area contributed by atoms with Gasteiger partial charge in [0, 0.05) is 16.4 Å². The molecule has 3 aromatic heterocycles. The van der Waals surface area contributed by atoms with E-state index in [0.717, 1.165) is 38.0 Å². The van der Waals surface area contributed by atoms with Crippen molar-refractivity contribution < 1.29 is 4.79 Å². The monoisotopic (exact) mass is 505 g/mol. The number of carbonyl (C=O) groups is 1. The van der Waals surface area contributed by atoms with E-state index in [4.69, 9.17) is 17.3 Å². The van der Waals surface area contributed by atoms with Gasteiger partial charge in [-0.05, 0) is 65.4 Å².